The highest BCUT2D eigenvalue weighted by atomic mass is 32.1. The number of benzene rings is 3. The highest BCUT2D eigenvalue weighted by Gasteiger charge is 2.03. The van der Waals surface area contributed by atoms with Crippen molar-refractivity contribution in [2.75, 3.05) is 18.5 Å². The van der Waals surface area contributed by atoms with Crippen molar-refractivity contribution in [3.05, 3.63) is 96.6 Å². The molecular formula is C24H22N2O3S. The molecule has 0 aliphatic rings. The second-order valence-electron chi connectivity index (χ2n) is 6.23. The fourth-order valence-electron chi connectivity index (χ4n) is 2.55. The first-order valence-corrected chi connectivity index (χ1v) is 9.86. The Morgan fingerprint density at radius 3 is 2.20 bits per heavy atom. The molecule has 0 unspecified atom stereocenters. The highest BCUT2D eigenvalue weighted by molar-refractivity contribution is 7.80. The van der Waals surface area contributed by atoms with Gasteiger partial charge in [-0.05, 0) is 48.1 Å². The smallest absolute Gasteiger partial charge is 0.250 e. The molecule has 3 aromatic carbocycles. The summed E-state index contributed by atoms with van der Waals surface area (Å²) in [6, 6.07) is 26.5. The Kier molecular flexibility index (Phi) is 8.00. The van der Waals surface area contributed by atoms with Crippen LogP contribution in [0.25, 0.3) is 6.08 Å². The van der Waals surface area contributed by atoms with E-state index in [1.54, 1.807) is 12.1 Å². The van der Waals surface area contributed by atoms with Crippen molar-refractivity contribution >= 4 is 35.0 Å². The van der Waals surface area contributed by atoms with E-state index in [9.17, 15) is 4.79 Å². The molecule has 0 aromatic heterocycles. The summed E-state index contributed by atoms with van der Waals surface area (Å²) in [7, 11) is 0. The molecule has 0 bridgehead atoms. The lowest BCUT2D eigenvalue weighted by Crippen LogP contribution is -2.32. The molecule has 3 aromatic rings. The Hall–Kier alpha value is -3.64. The van der Waals surface area contributed by atoms with Gasteiger partial charge in [0.15, 0.2) is 5.11 Å². The van der Waals surface area contributed by atoms with Crippen LogP contribution in [0, 0.1) is 0 Å². The minimum atomic E-state index is -0.304. The van der Waals surface area contributed by atoms with Crippen LogP contribution < -0.4 is 20.1 Å². The van der Waals surface area contributed by atoms with Gasteiger partial charge in [-0.1, -0.05) is 54.6 Å². The molecule has 0 saturated carbocycles. The zero-order valence-electron chi connectivity index (χ0n) is 16.3. The van der Waals surface area contributed by atoms with Crippen molar-refractivity contribution in [3.8, 4) is 11.5 Å². The second kappa shape index (κ2) is 11.4. The maximum Gasteiger partial charge on any atom is 0.250 e. The number of para-hydroxylation sites is 1. The first-order chi connectivity index (χ1) is 14.7. The summed E-state index contributed by atoms with van der Waals surface area (Å²) >= 11 is 5.21. The summed E-state index contributed by atoms with van der Waals surface area (Å²) < 4.78 is 11.3. The van der Waals surface area contributed by atoms with Crippen molar-refractivity contribution in [2.24, 2.45) is 0 Å². The number of thiocarbonyl (C=S) groups is 1. The summed E-state index contributed by atoms with van der Waals surface area (Å²) in [5.74, 6) is 1.18. The third kappa shape index (κ3) is 7.41. The molecule has 0 radical (unpaired) electrons. The molecular weight excluding hydrogens is 396 g/mol. The summed E-state index contributed by atoms with van der Waals surface area (Å²) in [6.07, 6.45) is 3.17. The maximum atomic E-state index is 12.0. The van der Waals surface area contributed by atoms with Crippen LogP contribution in [0.5, 0.6) is 11.5 Å². The van der Waals surface area contributed by atoms with E-state index in [1.807, 2.05) is 78.9 Å². The summed E-state index contributed by atoms with van der Waals surface area (Å²) in [5, 5.41) is 5.81. The SMILES string of the molecule is O=C(/C=C/c1ccccc1)NC(=S)Nc1cccc(OCCOc2ccccc2)c1. The van der Waals surface area contributed by atoms with Crippen LogP contribution in [0.1, 0.15) is 5.56 Å². The van der Waals surface area contributed by atoms with Gasteiger partial charge in [-0.15, -0.1) is 0 Å². The van der Waals surface area contributed by atoms with Gasteiger partial charge in [-0.2, -0.15) is 0 Å². The molecule has 6 heteroatoms. The molecule has 3 rings (SSSR count). The van der Waals surface area contributed by atoms with Gasteiger partial charge >= 0.3 is 0 Å². The molecule has 30 heavy (non-hydrogen) atoms. The minimum Gasteiger partial charge on any atom is -0.490 e. The number of carbonyl (C=O) groups excluding carboxylic acids is 1. The molecule has 152 valence electrons. The number of amides is 1. The molecule has 0 atom stereocenters. The van der Waals surface area contributed by atoms with E-state index in [0.29, 0.717) is 24.7 Å². The molecule has 1 amide bonds. The average molecular weight is 419 g/mol. The van der Waals surface area contributed by atoms with E-state index in [1.165, 1.54) is 6.08 Å². The molecule has 0 spiro atoms. The molecule has 0 aliphatic carbocycles. The van der Waals surface area contributed by atoms with E-state index in [2.05, 4.69) is 10.6 Å². The van der Waals surface area contributed by atoms with E-state index >= 15 is 0 Å². The van der Waals surface area contributed by atoms with Crippen molar-refractivity contribution < 1.29 is 14.3 Å². The van der Waals surface area contributed by atoms with Crippen molar-refractivity contribution in [1.29, 1.82) is 0 Å². The molecule has 0 fully saturated rings. The van der Waals surface area contributed by atoms with Gasteiger partial charge in [0.25, 0.3) is 0 Å². The first-order valence-electron chi connectivity index (χ1n) is 9.45. The van der Waals surface area contributed by atoms with E-state index in [0.717, 1.165) is 11.3 Å². The Labute approximate surface area is 181 Å². The normalized spacial score (nSPS) is 10.4. The van der Waals surface area contributed by atoms with E-state index < -0.39 is 0 Å². The van der Waals surface area contributed by atoms with Gasteiger partial charge in [-0.3, -0.25) is 10.1 Å². The maximum absolute atomic E-state index is 12.0. The first kappa shape index (κ1) is 21.1. The van der Waals surface area contributed by atoms with Crippen LogP contribution in [-0.4, -0.2) is 24.2 Å². The Bertz CT molecular complexity index is 992. The lowest BCUT2D eigenvalue weighted by atomic mass is 10.2. The zero-order chi connectivity index (χ0) is 21.0. The predicted molar refractivity (Wildman–Crippen MR) is 124 cm³/mol. The molecule has 0 aliphatic heterocycles. The largest absolute Gasteiger partial charge is 0.490 e. The molecule has 0 heterocycles. The Balaban J connectivity index is 1.43. The topological polar surface area (TPSA) is 59.6 Å². The fraction of sp³-hybridized carbons (Fsp3) is 0.0833. The van der Waals surface area contributed by atoms with E-state index in [4.69, 9.17) is 21.7 Å². The van der Waals surface area contributed by atoms with Crippen molar-refractivity contribution in [1.82, 2.24) is 5.32 Å². The van der Waals surface area contributed by atoms with Gasteiger partial charge in [0, 0.05) is 17.8 Å². The van der Waals surface area contributed by atoms with E-state index in [-0.39, 0.29) is 11.0 Å². The number of hydrogen-bond donors (Lipinski definition) is 2. The Morgan fingerprint density at radius 1 is 0.833 bits per heavy atom. The summed E-state index contributed by atoms with van der Waals surface area (Å²) in [4.78, 5) is 12.0. The lowest BCUT2D eigenvalue weighted by molar-refractivity contribution is -0.115. The summed E-state index contributed by atoms with van der Waals surface area (Å²) in [5.41, 5.74) is 1.65. The monoisotopic (exact) mass is 418 g/mol. The molecule has 2 N–H and O–H groups in total. The zero-order valence-corrected chi connectivity index (χ0v) is 17.1. The quantitative estimate of drug-likeness (QED) is 0.316. The number of nitrogens with one attached hydrogen (secondary N) is 2. The predicted octanol–water partition coefficient (Wildman–Crippen LogP) is 4.67. The fourth-order valence-corrected chi connectivity index (χ4v) is 2.77. The van der Waals surface area contributed by atoms with Crippen LogP contribution in [0.15, 0.2) is 91.0 Å². The van der Waals surface area contributed by atoms with Gasteiger partial charge in [-0.25, -0.2) is 0 Å². The van der Waals surface area contributed by atoms with Crippen molar-refractivity contribution in [2.45, 2.75) is 0 Å². The van der Waals surface area contributed by atoms with Crippen LogP contribution in [0.3, 0.4) is 0 Å². The molecule has 5 nitrogen and oxygen atoms in total. The number of ether oxygens (including phenoxy) is 2. The van der Waals surface area contributed by atoms with Crippen LogP contribution in [0.2, 0.25) is 0 Å². The van der Waals surface area contributed by atoms with Gasteiger partial charge in [0.1, 0.15) is 24.7 Å². The number of rotatable bonds is 8. The van der Waals surface area contributed by atoms with Crippen LogP contribution in [-0.2, 0) is 4.79 Å². The third-order valence-corrected chi connectivity index (χ3v) is 4.12. The summed E-state index contributed by atoms with van der Waals surface area (Å²) in [6.45, 7) is 0.841. The second-order valence-corrected chi connectivity index (χ2v) is 6.63. The van der Waals surface area contributed by atoms with Gasteiger partial charge in [0.2, 0.25) is 5.91 Å². The van der Waals surface area contributed by atoms with Crippen LogP contribution >= 0.6 is 12.2 Å². The minimum absolute atomic E-state index is 0.210. The van der Waals surface area contributed by atoms with Gasteiger partial charge < -0.3 is 14.8 Å². The third-order valence-electron chi connectivity index (χ3n) is 3.92. The van der Waals surface area contributed by atoms with Gasteiger partial charge in [0.05, 0.1) is 0 Å². The average Bonchev–Trinajstić information content (AvgIpc) is 2.77. The molecule has 0 saturated heterocycles. The van der Waals surface area contributed by atoms with Crippen molar-refractivity contribution in [3.63, 3.8) is 0 Å². The number of anilines is 1. The highest BCUT2D eigenvalue weighted by Crippen LogP contribution is 2.17. The number of hydrogen-bond acceptors (Lipinski definition) is 4. The Morgan fingerprint density at radius 2 is 1.47 bits per heavy atom. The standard InChI is InChI=1S/C24H22N2O3S/c27-23(15-14-19-8-3-1-4-9-19)26-24(30)25-20-10-7-13-22(18-20)29-17-16-28-21-11-5-2-6-12-21/h1-15,18H,16-17H2,(H2,25,26,27,30)/b15-14+. The van der Waals surface area contributed by atoms with Crippen LogP contribution in [0.4, 0.5) is 5.69 Å². The number of carbonyl (C=O) groups is 1. The lowest BCUT2D eigenvalue weighted by Gasteiger charge is -2.11.